The summed E-state index contributed by atoms with van der Waals surface area (Å²) in [6, 6.07) is 3.37. The molecule has 0 spiro atoms. The fourth-order valence-corrected chi connectivity index (χ4v) is 1.53. The molecule has 1 unspecified atom stereocenters. The molecule has 0 bridgehead atoms. The normalized spacial score (nSPS) is 12.5. The summed E-state index contributed by atoms with van der Waals surface area (Å²) in [7, 11) is 0. The Morgan fingerprint density at radius 1 is 1.00 bits per heavy atom. The fraction of sp³-hybridized carbons (Fsp3) is 0.0833. The van der Waals surface area contributed by atoms with Gasteiger partial charge in [-0.25, -0.2) is 13.2 Å². The Morgan fingerprint density at radius 2 is 1.76 bits per heavy atom. The van der Waals surface area contributed by atoms with Crippen molar-refractivity contribution in [3.8, 4) is 0 Å². The zero-order valence-corrected chi connectivity index (χ0v) is 8.70. The second kappa shape index (κ2) is 4.55. The van der Waals surface area contributed by atoms with Gasteiger partial charge in [0.05, 0.1) is 12.2 Å². The van der Waals surface area contributed by atoms with Crippen LogP contribution in [-0.2, 0) is 0 Å². The van der Waals surface area contributed by atoms with Gasteiger partial charge < -0.3 is 5.73 Å². The van der Waals surface area contributed by atoms with E-state index in [1.807, 2.05) is 0 Å². The molecule has 0 saturated carbocycles. The van der Waals surface area contributed by atoms with E-state index in [4.69, 9.17) is 5.73 Å². The smallest absolute Gasteiger partial charge is 0.141 e. The van der Waals surface area contributed by atoms with Crippen LogP contribution in [0.2, 0.25) is 0 Å². The SMILES string of the molecule is NC(c1cncc(F)c1)c1ccc(F)cc1F. The molecule has 0 aliphatic heterocycles. The summed E-state index contributed by atoms with van der Waals surface area (Å²) in [5.41, 5.74) is 6.19. The van der Waals surface area contributed by atoms with Gasteiger partial charge in [0.2, 0.25) is 0 Å². The highest BCUT2D eigenvalue weighted by Crippen LogP contribution is 2.22. The lowest BCUT2D eigenvalue weighted by Crippen LogP contribution is -2.14. The third-order valence-corrected chi connectivity index (χ3v) is 2.38. The number of hydrogen-bond donors (Lipinski definition) is 1. The second-order valence-corrected chi connectivity index (χ2v) is 3.58. The van der Waals surface area contributed by atoms with Gasteiger partial charge in [-0.2, -0.15) is 0 Å². The van der Waals surface area contributed by atoms with E-state index < -0.39 is 23.5 Å². The van der Waals surface area contributed by atoms with E-state index in [9.17, 15) is 13.2 Å². The molecule has 5 heteroatoms. The molecule has 2 N–H and O–H groups in total. The van der Waals surface area contributed by atoms with Gasteiger partial charge in [-0.15, -0.1) is 0 Å². The molecule has 2 rings (SSSR count). The Morgan fingerprint density at radius 3 is 2.41 bits per heavy atom. The van der Waals surface area contributed by atoms with Gasteiger partial charge >= 0.3 is 0 Å². The van der Waals surface area contributed by atoms with Crippen molar-refractivity contribution < 1.29 is 13.2 Å². The van der Waals surface area contributed by atoms with Crippen LogP contribution in [0, 0.1) is 17.5 Å². The minimum atomic E-state index is -0.876. The molecule has 2 aromatic rings. The van der Waals surface area contributed by atoms with E-state index in [1.165, 1.54) is 18.3 Å². The molecule has 0 fully saturated rings. The summed E-state index contributed by atoms with van der Waals surface area (Å²) in [4.78, 5) is 3.63. The summed E-state index contributed by atoms with van der Waals surface area (Å²) < 4.78 is 39.1. The van der Waals surface area contributed by atoms with Gasteiger partial charge in [-0.1, -0.05) is 6.07 Å². The third-order valence-electron chi connectivity index (χ3n) is 2.38. The average molecular weight is 238 g/mol. The third kappa shape index (κ3) is 2.45. The number of nitrogens with zero attached hydrogens (tertiary/aromatic N) is 1. The zero-order valence-electron chi connectivity index (χ0n) is 8.70. The number of aromatic nitrogens is 1. The summed E-state index contributed by atoms with van der Waals surface area (Å²) in [6.07, 6.45) is 2.37. The summed E-state index contributed by atoms with van der Waals surface area (Å²) in [5.74, 6) is -2.00. The molecule has 0 saturated heterocycles. The highest BCUT2D eigenvalue weighted by Gasteiger charge is 2.15. The summed E-state index contributed by atoms with van der Waals surface area (Å²) in [6.45, 7) is 0. The Bertz CT molecular complexity index is 543. The van der Waals surface area contributed by atoms with Gasteiger partial charge in [0, 0.05) is 17.8 Å². The first kappa shape index (κ1) is 11.6. The van der Waals surface area contributed by atoms with Gasteiger partial charge in [0.15, 0.2) is 0 Å². The monoisotopic (exact) mass is 238 g/mol. The van der Waals surface area contributed by atoms with Crippen LogP contribution in [0.3, 0.4) is 0 Å². The molecule has 1 aromatic carbocycles. The van der Waals surface area contributed by atoms with E-state index in [0.29, 0.717) is 5.56 Å². The van der Waals surface area contributed by atoms with Crippen LogP contribution >= 0.6 is 0 Å². The van der Waals surface area contributed by atoms with Crippen LogP contribution in [0.15, 0.2) is 36.7 Å². The average Bonchev–Trinajstić information content (AvgIpc) is 2.28. The van der Waals surface area contributed by atoms with Gasteiger partial charge in [0.25, 0.3) is 0 Å². The number of pyridine rings is 1. The molecule has 17 heavy (non-hydrogen) atoms. The van der Waals surface area contributed by atoms with Crippen molar-refractivity contribution in [1.29, 1.82) is 0 Å². The number of halogens is 3. The largest absolute Gasteiger partial charge is 0.320 e. The van der Waals surface area contributed by atoms with Crippen LogP contribution < -0.4 is 5.73 Å². The molecule has 0 aliphatic carbocycles. The molecule has 88 valence electrons. The minimum Gasteiger partial charge on any atom is -0.320 e. The molecule has 1 atom stereocenters. The second-order valence-electron chi connectivity index (χ2n) is 3.58. The molecule has 1 heterocycles. The van der Waals surface area contributed by atoms with E-state index >= 15 is 0 Å². The highest BCUT2D eigenvalue weighted by molar-refractivity contribution is 5.31. The van der Waals surface area contributed by atoms with Crippen molar-refractivity contribution in [1.82, 2.24) is 4.98 Å². The van der Waals surface area contributed by atoms with Crippen LogP contribution in [-0.4, -0.2) is 4.98 Å². The lowest BCUT2D eigenvalue weighted by molar-refractivity contribution is 0.564. The fourth-order valence-electron chi connectivity index (χ4n) is 1.53. The maximum Gasteiger partial charge on any atom is 0.141 e. The first-order valence-electron chi connectivity index (χ1n) is 4.89. The van der Waals surface area contributed by atoms with Crippen LogP contribution in [0.4, 0.5) is 13.2 Å². The zero-order chi connectivity index (χ0) is 12.4. The maximum absolute atomic E-state index is 13.5. The van der Waals surface area contributed by atoms with Gasteiger partial charge in [-0.3, -0.25) is 4.98 Å². The molecular weight excluding hydrogens is 229 g/mol. The van der Waals surface area contributed by atoms with E-state index in [0.717, 1.165) is 18.3 Å². The van der Waals surface area contributed by atoms with Gasteiger partial charge in [0.1, 0.15) is 17.5 Å². The number of rotatable bonds is 2. The lowest BCUT2D eigenvalue weighted by Gasteiger charge is -2.13. The van der Waals surface area contributed by atoms with E-state index in [2.05, 4.69) is 4.98 Å². The lowest BCUT2D eigenvalue weighted by atomic mass is 10.0. The number of nitrogens with two attached hydrogens (primary N) is 1. The molecule has 2 nitrogen and oxygen atoms in total. The molecular formula is C12H9F3N2. The summed E-state index contributed by atoms with van der Waals surface area (Å²) >= 11 is 0. The predicted octanol–water partition coefficient (Wildman–Crippen LogP) is 2.55. The maximum atomic E-state index is 13.5. The highest BCUT2D eigenvalue weighted by atomic mass is 19.1. The van der Waals surface area contributed by atoms with Crippen LogP contribution in [0.5, 0.6) is 0 Å². The van der Waals surface area contributed by atoms with Crippen molar-refractivity contribution in [2.75, 3.05) is 0 Å². The van der Waals surface area contributed by atoms with Crippen molar-refractivity contribution in [3.05, 3.63) is 65.2 Å². The Balaban J connectivity index is 2.40. The van der Waals surface area contributed by atoms with E-state index in [1.54, 1.807) is 0 Å². The van der Waals surface area contributed by atoms with Crippen LogP contribution in [0.25, 0.3) is 0 Å². The summed E-state index contributed by atoms with van der Waals surface area (Å²) in [5, 5.41) is 0. The number of hydrogen-bond acceptors (Lipinski definition) is 2. The Kier molecular flexibility index (Phi) is 3.10. The Labute approximate surface area is 95.9 Å². The number of benzene rings is 1. The van der Waals surface area contributed by atoms with Crippen molar-refractivity contribution >= 4 is 0 Å². The van der Waals surface area contributed by atoms with E-state index in [-0.39, 0.29) is 5.56 Å². The van der Waals surface area contributed by atoms with Crippen LogP contribution in [0.1, 0.15) is 17.2 Å². The van der Waals surface area contributed by atoms with Gasteiger partial charge in [-0.05, 0) is 17.7 Å². The molecule has 0 radical (unpaired) electrons. The molecule has 1 aromatic heterocycles. The van der Waals surface area contributed by atoms with Crippen molar-refractivity contribution in [2.45, 2.75) is 6.04 Å². The topological polar surface area (TPSA) is 38.9 Å². The minimum absolute atomic E-state index is 0.0961. The predicted molar refractivity (Wildman–Crippen MR) is 56.6 cm³/mol. The Hall–Kier alpha value is -1.88. The van der Waals surface area contributed by atoms with Crippen molar-refractivity contribution in [2.24, 2.45) is 5.73 Å². The first-order chi connectivity index (χ1) is 8.08. The first-order valence-corrected chi connectivity index (χ1v) is 4.89. The standard InChI is InChI=1S/C12H9F3N2/c13-8-1-2-10(11(15)4-8)12(16)7-3-9(14)6-17-5-7/h1-6,12H,16H2. The molecule has 0 amide bonds. The van der Waals surface area contributed by atoms with Crippen molar-refractivity contribution in [3.63, 3.8) is 0 Å². The quantitative estimate of drug-likeness (QED) is 0.873. The molecule has 0 aliphatic rings.